The highest BCUT2D eigenvalue weighted by Crippen LogP contribution is 2.13. The van der Waals surface area contributed by atoms with E-state index in [4.69, 9.17) is 18.9 Å². The third-order valence-corrected chi connectivity index (χ3v) is 10.1. The molecule has 0 unspecified atom stereocenters. The summed E-state index contributed by atoms with van der Waals surface area (Å²) >= 11 is 0. The van der Waals surface area contributed by atoms with Crippen LogP contribution in [0.15, 0.2) is 0 Å². The predicted octanol–water partition coefficient (Wildman–Crippen LogP) is 11.9. The van der Waals surface area contributed by atoms with Gasteiger partial charge in [-0.3, -0.25) is 9.59 Å². The van der Waals surface area contributed by atoms with Crippen molar-refractivity contribution >= 4 is 11.9 Å². The summed E-state index contributed by atoms with van der Waals surface area (Å²) in [7, 11) is 0. The Hall–Kier alpha value is -1.22. The highest BCUT2D eigenvalue weighted by molar-refractivity contribution is 5.69. The molecular formula is C45H89NO7. The molecule has 0 saturated heterocycles. The molecule has 0 saturated carbocycles. The van der Waals surface area contributed by atoms with Crippen LogP contribution in [0.25, 0.3) is 0 Å². The van der Waals surface area contributed by atoms with Crippen molar-refractivity contribution in [3.63, 3.8) is 0 Å². The lowest BCUT2D eigenvalue weighted by atomic mass is 10.1. The largest absolute Gasteiger partial charge is 0.466 e. The third kappa shape index (κ3) is 40.3. The molecule has 0 rings (SSSR count). The van der Waals surface area contributed by atoms with E-state index < -0.39 is 0 Å². The van der Waals surface area contributed by atoms with E-state index in [1.165, 1.54) is 109 Å². The molecule has 0 atom stereocenters. The summed E-state index contributed by atoms with van der Waals surface area (Å²) in [6.45, 7) is 11.9. The first-order valence-electron chi connectivity index (χ1n) is 22.9. The molecule has 0 amide bonds. The average Bonchev–Trinajstić information content (AvgIpc) is 3.15. The molecule has 53 heavy (non-hydrogen) atoms. The molecule has 0 aromatic carbocycles. The first-order chi connectivity index (χ1) is 26.1. The molecule has 0 bridgehead atoms. The van der Waals surface area contributed by atoms with Crippen molar-refractivity contribution in [3.05, 3.63) is 0 Å². The fourth-order valence-electron chi connectivity index (χ4n) is 6.62. The molecule has 8 nitrogen and oxygen atoms in total. The van der Waals surface area contributed by atoms with E-state index in [1.54, 1.807) is 0 Å². The molecule has 8 heteroatoms. The first kappa shape index (κ1) is 51.8. The second kappa shape index (κ2) is 43.5. The van der Waals surface area contributed by atoms with Crippen molar-refractivity contribution in [1.29, 1.82) is 0 Å². The fraction of sp³-hybridized carbons (Fsp3) is 0.956. The van der Waals surface area contributed by atoms with Crippen LogP contribution in [-0.4, -0.2) is 80.9 Å². The molecule has 316 valence electrons. The van der Waals surface area contributed by atoms with Gasteiger partial charge in [0, 0.05) is 32.6 Å². The Morgan fingerprint density at radius 1 is 0.434 bits per heavy atom. The van der Waals surface area contributed by atoms with Gasteiger partial charge in [0.2, 0.25) is 0 Å². The third-order valence-electron chi connectivity index (χ3n) is 10.1. The molecular weight excluding hydrogens is 666 g/mol. The minimum Gasteiger partial charge on any atom is -0.466 e. The maximum absolute atomic E-state index is 12.5. The maximum Gasteiger partial charge on any atom is 0.305 e. The minimum atomic E-state index is -0.327. The molecule has 0 heterocycles. The first-order valence-corrected chi connectivity index (χ1v) is 22.9. The van der Waals surface area contributed by atoms with Gasteiger partial charge in [-0.15, -0.1) is 0 Å². The number of unbranched alkanes of at least 4 members (excludes halogenated alkanes) is 23. The summed E-state index contributed by atoms with van der Waals surface area (Å²) in [6, 6.07) is 0. The van der Waals surface area contributed by atoms with Crippen LogP contribution in [-0.2, 0) is 28.5 Å². The summed E-state index contributed by atoms with van der Waals surface area (Å²) in [5, 5.41) is 9.52. The normalized spacial score (nSPS) is 11.6. The number of hydrogen-bond acceptors (Lipinski definition) is 8. The van der Waals surface area contributed by atoms with E-state index >= 15 is 0 Å². The van der Waals surface area contributed by atoms with Crippen molar-refractivity contribution in [2.45, 2.75) is 226 Å². The van der Waals surface area contributed by atoms with Crippen LogP contribution in [0.2, 0.25) is 0 Å². The van der Waals surface area contributed by atoms with Crippen LogP contribution in [0.1, 0.15) is 220 Å². The lowest BCUT2D eigenvalue weighted by Gasteiger charge is -2.21. The Morgan fingerprint density at radius 2 is 0.792 bits per heavy atom. The summed E-state index contributed by atoms with van der Waals surface area (Å²) in [5.41, 5.74) is 0. The molecule has 0 aromatic rings. The number of nitrogens with zero attached hydrogens (tertiary/aromatic N) is 1. The molecule has 1 N–H and O–H groups in total. The number of carbonyl (C=O) groups excluding carboxylic acids is 2. The van der Waals surface area contributed by atoms with Crippen molar-refractivity contribution < 1.29 is 33.6 Å². The van der Waals surface area contributed by atoms with Gasteiger partial charge in [0.1, 0.15) is 0 Å². The van der Waals surface area contributed by atoms with Crippen LogP contribution in [0.4, 0.5) is 0 Å². The minimum absolute atomic E-state index is 0.0627. The highest BCUT2D eigenvalue weighted by Gasteiger charge is 2.14. The summed E-state index contributed by atoms with van der Waals surface area (Å²) in [4.78, 5) is 26.9. The average molecular weight is 756 g/mol. The zero-order chi connectivity index (χ0) is 38.7. The standard InChI is InChI=1S/C45H89NO7/c1-4-7-10-13-16-17-18-22-28-39-50-43(48)32-25-24-27-36-46(37-38-47)35-26-19-23-29-40-51-44(49)33-34-45(52-41-30-20-14-11-8-5-2)53-42-31-21-15-12-9-6-3/h45,47H,4-42H2,1-3H3. The van der Waals surface area contributed by atoms with Crippen LogP contribution in [0.3, 0.4) is 0 Å². The van der Waals surface area contributed by atoms with Gasteiger partial charge in [0.15, 0.2) is 6.29 Å². The number of rotatable bonds is 44. The van der Waals surface area contributed by atoms with Gasteiger partial charge in [-0.05, 0) is 58.0 Å². The number of aliphatic hydroxyl groups excluding tert-OH is 1. The molecule has 0 spiro atoms. The van der Waals surface area contributed by atoms with Crippen LogP contribution in [0.5, 0.6) is 0 Å². The van der Waals surface area contributed by atoms with E-state index in [0.717, 1.165) is 83.7 Å². The number of ether oxygens (including phenoxy) is 4. The predicted molar refractivity (Wildman–Crippen MR) is 221 cm³/mol. The van der Waals surface area contributed by atoms with E-state index in [0.29, 0.717) is 52.2 Å². The molecule has 0 aliphatic carbocycles. The summed E-state index contributed by atoms with van der Waals surface area (Å²) in [5.74, 6) is -0.227. The second-order valence-electron chi connectivity index (χ2n) is 15.3. The van der Waals surface area contributed by atoms with E-state index in [9.17, 15) is 14.7 Å². The topological polar surface area (TPSA) is 94.5 Å². The highest BCUT2D eigenvalue weighted by atomic mass is 16.7. The van der Waals surface area contributed by atoms with Crippen LogP contribution < -0.4 is 0 Å². The molecule has 0 radical (unpaired) electrons. The molecule has 0 aliphatic rings. The van der Waals surface area contributed by atoms with Crippen LogP contribution >= 0.6 is 0 Å². The van der Waals surface area contributed by atoms with Gasteiger partial charge in [0.05, 0.1) is 26.2 Å². The number of hydrogen-bond donors (Lipinski definition) is 1. The Balaban J connectivity index is 3.97. The van der Waals surface area contributed by atoms with Crippen molar-refractivity contribution in [3.8, 4) is 0 Å². The second-order valence-corrected chi connectivity index (χ2v) is 15.3. The molecule has 0 aromatic heterocycles. The van der Waals surface area contributed by atoms with Crippen molar-refractivity contribution in [1.82, 2.24) is 4.90 Å². The smallest absolute Gasteiger partial charge is 0.305 e. The van der Waals surface area contributed by atoms with Crippen molar-refractivity contribution in [2.24, 2.45) is 0 Å². The SMILES string of the molecule is CCCCCCCCCCCOC(=O)CCCCCN(CCO)CCCCCCOC(=O)CCC(OCCCCCCCC)OCCCCCCCC. The Labute approximate surface area is 328 Å². The zero-order valence-electron chi connectivity index (χ0n) is 35.5. The number of aliphatic hydroxyl groups is 1. The lowest BCUT2D eigenvalue weighted by Crippen LogP contribution is -2.29. The van der Waals surface area contributed by atoms with E-state index in [1.807, 2.05) is 0 Å². The van der Waals surface area contributed by atoms with Crippen molar-refractivity contribution in [2.75, 3.05) is 52.7 Å². The number of carbonyl (C=O) groups is 2. The summed E-state index contributed by atoms with van der Waals surface area (Å²) in [6.07, 6.45) is 34.0. The zero-order valence-corrected chi connectivity index (χ0v) is 35.5. The Bertz CT molecular complexity index is 734. The van der Waals surface area contributed by atoms with Gasteiger partial charge in [-0.25, -0.2) is 0 Å². The van der Waals surface area contributed by atoms with Crippen LogP contribution in [0, 0.1) is 0 Å². The monoisotopic (exact) mass is 756 g/mol. The fourth-order valence-corrected chi connectivity index (χ4v) is 6.62. The molecule has 0 fully saturated rings. The number of esters is 2. The van der Waals surface area contributed by atoms with Gasteiger partial charge in [-0.1, -0.05) is 156 Å². The van der Waals surface area contributed by atoms with E-state index in [-0.39, 0.29) is 24.8 Å². The molecule has 0 aliphatic heterocycles. The van der Waals surface area contributed by atoms with E-state index in [2.05, 4.69) is 25.7 Å². The maximum atomic E-state index is 12.5. The van der Waals surface area contributed by atoms with Gasteiger partial charge in [-0.2, -0.15) is 0 Å². The van der Waals surface area contributed by atoms with Gasteiger partial charge < -0.3 is 29.0 Å². The van der Waals surface area contributed by atoms with Gasteiger partial charge in [0.25, 0.3) is 0 Å². The Morgan fingerprint density at radius 3 is 1.23 bits per heavy atom. The summed E-state index contributed by atoms with van der Waals surface area (Å²) < 4.78 is 23.1. The Kier molecular flexibility index (Phi) is 42.5. The quantitative estimate of drug-likeness (QED) is 0.0373. The lowest BCUT2D eigenvalue weighted by molar-refractivity contribution is -0.159. The van der Waals surface area contributed by atoms with Gasteiger partial charge >= 0.3 is 11.9 Å².